The molecule has 1 aliphatic carbocycles. The molecule has 3 atom stereocenters. The minimum Gasteiger partial charge on any atom is -0.479 e. The number of halogens is 3. The molecule has 3 rings (SSSR count). The van der Waals surface area contributed by atoms with E-state index in [-0.39, 0.29) is 37.9 Å². The first kappa shape index (κ1) is 25.2. The molecule has 0 spiro atoms. The fraction of sp³-hybridized carbons (Fsp3) is 0.565. The van der Waals surface area contributed by atoms with Crippen LogP contribution in [-0.4, -0.2) is 47.6 Å². The molecule has 0 amide bonds. The average Bonchev–Trinajstić information content (AvgIpc) is 3.16. The molecular formula is C23H28F3NO6. The maximum Gasteiger partial charge on any atom is 0.335 e. The standard InChI is InChI=1S/C23H28F3NO6/c1-4-30-19(23(28)29)11-32-15-7-5-6-14(8-15)31-10-18-13(3)33-22(27-18)16-9-17(24)12(2)20(25)21(16)26/h9,14-15,19H,4-8,10-11H2,1-3H3,(H,28,29)/t14-,15+,19?/m0/s1. The molecular weight excluding hydrogens is 443 g/mol. The van der Waals surface area contributed by atoms with E-state index < -0.39 is 40.7 Å². The lowest BCUT2D eigenvalue weighted by Crippen LogP contribution is -2.34. The van der Waals surface area contributed by atoms with Crippen molar-refractivity contribution in [1.82, 2.24) is 4.98 Å². The Hall–Kier alpha value is -2.43. The van der Waals surface area contributed by atoms with Crippen LogP contribution < -0.4 is 0 Å². The van der Waals surface area contributed by atoms with Crippen molar-refractivity contribution in [2.45, 2.75) is 71.4 Å². The molecule has 182 valence electrons. The van der Waals surface area contributed by atoms with Gasteiger partial charge in [-0.3, -0.25) is 0 Å². The van der Waals surface area contributed by atoms with Gasteiger partial charge in [0, 0.05) is 12.2 Å². The Bertz CT molecular complexity index is 980. The van der Waals surface area contributed by atoms with Crippen molar-refractivity contribution >= 4 is 5.97 Å². The molecule has 1 unspecified atom stereocenters. The molecule has 1 saturated carbocycles. The number of rotatable bonds is 10. The van der Waals surface area contributed by atoms with Gasteiger partial charge in [0.05, 0.1) is 31.0 Å². The molecule has 0 radical (unpaired) electrons. The Kier molecular flexibility index (Phi) is 8.50. The second-order valence-electron chi connectivity index (χ2n) is 8.02. The molecule has 10 heteroatoms. The molecule has 1 aromatic heterocycles. The predicted octanol–water partition coefficient (Wildman–Crippen LogP) is 4.71. The van der Waals surface area contributed by atoms with Gasteiger partial charge in [-0.1, -0.05) is 0 Å². The summed E-state index contributed by atoms with van der Waals surface area (Å²) in [5.41, 5.74) is -0.400. The zero-order valence-corrected chi connectivity index (χ0v) is 18.8. The van der Waals surface area contributed by atoms with Crippen LogP contribution >= 0.6 is 0 Å². The highest BCUT2D eigenvalue weighted by molar-refractivity contribution is 5.72. The van der Waals surface area contributed by atoms with Gasteiger partial charge in [-0.2, -0.15) is 0 Å². The fourth-order valence-electron chi connectivity index (χ4n) is 3.74. The molecule has 1 N–H and O–H groups in total. The van der Waals surface area contributed by atoms with Crippen molar-refractivity contribution in [2.75, 3.05) is 13.2 Å². The van der Waals surface area contributed by atoms with E-state index in [1.54, 1.807) is 13.8 Å². The monoisotopic (exact) mass is 471 g/mol. The molecule has 1 heterocycles. The number of carbonyl (C=O) groups is 1. The molecule has 7 nitrogen and oxygen atoms in total. The van der Waals surface area contributed by atoms with Gasteiger partial charge in [-0.15, -0.1) is 0 Å². The summed E-state index contributed by atoms with van der Waals surface area (Å²) >= 11 is 0. The molecule has 1 aromatic carbocycles. The van der Waals surface area contributed by atoms with Crippen LogP contribution in [0.15, 0.2) is 10.5 Å². The van der Waals surface area contributed by atoms with E-state index in [2.05, 4.69) is 4.98 Å². The summed E-state index contributed by atoms with van der Waals surface area (Å²) in [6, 6.07) is 0.860. The molecule has 1 fully saturated rings. The number of hydrogen-bond acceptors (Lipinski definition) is 6. The van der Waals surface area contributed by atoms with Crippen LogP contribution in [0.2, 0.25) is 0 Å². The number of carboxylic acids is 1. The van der Waals surface area contributed by atoms with Crippen LogP contribution in [0.25, 0.3) is 11.5 Å². The zero-order valence-electron chi connectivity index (χ0n) is 18.8. The van der Waals surface area contributed by atoms with E-state index in [0.29, 0.717) is 17.9 Å². The smallest absolute Gasteiger partial charge is 0.335 e. The Morgan fingerprint density at radius 3 is 2.58 bits per heavy atom. The number of hydrogen-bond donors (Lipinski definition) is 1. The van der Waals surface area contributed by atoms with E-state index in [0.717, 1.165) is 32.3 Å². The number of benzene rings is 1. The molecule has 0 aliphatic heterocycles. The summed E-state index contributed by atoms with van der Waals surface area (Å²) in [6.07, 6.45) is 1.68. The molecule has 2 aromatic rings. The number of oxazole rings is 1. The summed E-state index contributed by atoms with van der Waals surface area (Å²) in [6.45, 7) is 4.79. The number of carboxylic acid groups (broad SMARTS) is 1. The van der Waals surface area contributed by atoms with Crippen LogP contribution in [0.3, 0.4) is 0 Å². The first-order chi connectivity index (χ1) is 15.7. The van der Waals surface area contributed by atoms with Crippen molar-refractivity contribution < 1.29 is 41.7 Å². The maximum absolute atomic E-state index is 14.3. The third-order valence-electron chi connectivity index (χ3n) is 5.67. The Balaban J connectivity index is 1.59. The summed E-state index contributed by atoms with van der Waals surface area (Å²) in [5.74, 6) is -4.32. The number of ether oxygens (including phenoxy) is 3. The Morgan fingerprint density at radius 2 is 1.91 bits per heavy atom. The zero-order chi connectivity index (χ0) is 24.1. The minimum atomic E-state index is -1.28. The lowest BCUT2D eigenvalue weighted by molar-refractivity contribution is -0.157. The van der Waals surface area contributed by atoms with Gasteiger partial charge >= 0.3 is 5.97 Å². The van der Waals surface area contributed by atoms with Gasteiger partial charge in [0.1, 0.15) is 17.3 Å². The molecule has 0 bridgehead atoms. The van der Waals surface area contributed by atoms with Gasteiger partial charge in [-0.05, 0) is 52.5 Å². The highest BCUT2D eigenvalue weighted by atomic mass is 19.2. The van der Waals surface area contributed by atoms with E-state index in [1.165, 1.54) is 0 Å². The minimum absolute atomic E-state index is 0.0401. The summed E-state index contributed by atoms with van der Waals surface area (Å²) < 4.78 is 64.4. The third-order valence-corrected chi connectivity index (χ3v) is 5.67. The first-order valence-corrected chi connectivity index (χ1v) is 10.9. The van der Waals surface area contributed by atoms with Gasteiger partial charge < -0.3 is 23.7 Å². The van der Waals surface area contributed by atoms with Crippen molar-refractivity contribution in [3.05, 3.63) is 40.5 Å². The maximum atomic E-state index is 14.3. The van der Waals surface area contributed by atoms with Gasteiger partial charge in [-0.25, -0.2) is 22.9 Å². The quantitative estimate of drug-likeness (QED) is 0.502. The van der Waals surface area contributed by atoms with Crippen molar-refractivity contribution in [1.29, 1.82) is 0 Å². The van der Waals surface area contributed by atoms with Crippen molar-refractivity contribution in [3.63, 3.8) is 0 Å². The summed E-state index contributed by atoms with van der Waals surface area (Å²) in [7, 11) is 0. The molecule has 1 aliphatic rings. The lowest BCUT2D eigenvalue weighted by atomic mass is 9.95. The van der Waals surface area contributed by atoms with Gasteiger partial charge in [0.15, 0.2) is 17.7 Å². The Morgan fingerprint density at radius 1 is 1.21 bits per heavy atom. The summed E-state index contributed by atoms with van der Waals surface area (Å²) in [5, 5.41) is 9.16. The van der Waals surface area contributed by atoms with Crippen LogP contribution in [-0.2, 0) is 25.6 Å². The topological polar surface area (TPSA) is 91.0 Å². The third kappa shape index (κ3) is 6.13. The Labute approximate surface area is 189 Å². The summed E-state index contributed by atoms with van der Waals surface area (Å²) in [4.78, 5) is 15.4. The second-order valence-corrected chi connectivity index (χ2v) is 8.02. The van der Waals surface area contributed by atoms with E-state index in [9.17, 15) is 18.0 Å². The largest absolute Gasteiger partial charge is 0.479 e. The predicted molar refractivity (Wildman–Crippen MR) is 111 cm³/mol. The van der Waals surface area contributed by atoms with Crippen molar-refractivity contribution in [2.24, 2.45) is 0 Å². The van der Waals surface area contributed by atoms with Crippen LogP contribution in [0.4, 0.5) is 13.2 Å². The number of nitrogens with zero attached hydrogens (tertiary/aromatic N) is 1. The molecule has 33 heavy (non-hydrogen) atoms. The van der Waals surface area contributed by atoms with E-state index in [4.69, 9.17) is 23.7 Å². The van der Waals surface area contributed by atoms with Crippen LogP contribution in [0, 0.1) is 31.3 Å². The van der Waals surface area contributed by atoms with Gasteiger partial charge in [0.2, 0.25) is 5.89 Å². The number of aliphatic carboxylic acids is 1. The first-order valence-electron chi connectivity index (χ1n) is 10.9. The number of aryl methyl sites for hydroxylation is 1. The SMILES string of the molecule is CCOC(CO[C@@H]1CCC[C@H](OCc2nc(-c3cc(F)c(C)c(F)c3F)oc2C)C1)C(=O)O. The highest BCUT2D eigenvalue weighted by Gasteiger charge is 2.27. The average molecular weight is 471 g/mol. The lowest BCUT2D eigenvalue weighted by Gasteiger charge is -2.29. The normalized spacial score (nSPS) is 19.6. The van der Waals surface area contributed by atoms with Crippen molar-refractivity contribution in [3.8, 4) is 11.5 Å². The van der Waals surface area contributed by atoms with E-state index >= 15 is 0 Å². The fourth-order valence-corrected chi connectivity index (χ4v) is 3.74. The molecule has 0 saturated heterocycles. The van der Waals surface area contributed by atoms with E-state index in [1.807, 2.05) is 0 Å². The second kappa shape index (κ2) is 11.1. The van der Waals surface area contributed by atoms with Gasteiger partial charge in [0.25, 0.3) is 0 Å². The van der Waals surface area contributed by atoms with Crippen LogP contribution in [0.5, 0.6) is 0 Å². The number of aromatic nitrogens is 1. The van der Waals surface area contributed by atoms with Crippen LogP contribution in [0.1, 0.15) is 49.6 Å². The highest BCUT2D eigenvalue weighted by Crippen LogP contribution is 2.30.